The Morgan fingerprint density at radius 2 is 1.88 bits per heavy atom. The second kappa shape index (κ2) is 6.91. The summed E-state index contributed by atoms with van der Waals surface area (Å²) in [6.07, 6.45) is 6.83. The van der Waals surface area contributed by atoms with Crippen molar-refractivity contribution in [3.8, 4) is 0 Å². The van der Waals surface area contributed by atoms with E-state index in [4.69, 9.17) is 0 Å². The second-order valence-electron chi connectivity index (χ2n) is 6.83. The zero-order chi connectivity index (χ0) is 16.4. The Balaban J connectivity index is 1.19. The predicted octanol–water partition coefficient (Wildman–Crippen LogP) is 0.864. The number of hydrogen-bond donors (Lipinski definition) is 0. The Morgan fingerprint density at radius 1 is 1.04 bits per heavy atom. The number of aryl methyl sites for hydroxylation is 1. The van der Waals surface area contributed by atoms with E-state index in [1.54, 1.807) is 0 Å². The molecule has 128 valence electrons. The van der Waals surface area contributed by atoms with Crippen LogP contribution in [0.5, 0.6) is 0 Å². The summed E-state index contributed by atoms with van der Waals surface area (Å²) in [6.45, 7) is 7.99. The molecule has 2 aromatic heterocycles. The van der Waals surface area contributed by atoms with Gasteiger partial charge in [0.2, 0.25) is 0 Å². The number of likely N-dealkylation sites (tertiary alicyclic amines) is 1. The molecule has 6 heteroatoms. The molecule has 4 heterocycles. The van der Waals surface area contributed by atoms with E-state index in [9.17, 15) is 0 Å². The van der Waals surface area contributed by atoms with Crippen LogP contribution < -0.4 is 4.90 Å². The summed E-state index contributed by atoms with van der Waals surface area (Å²) < 4.78 is 2.12. The minimum atomic E-state index is 0.734. The highest BCUT2D eigenvalue weighted by Crippen LogP contribution is 2.19. The monoisotopic (exact) mass is 326 g/mol. The highest BCUT2D eigenvalue weighted by Gasteiger charge is 2.33. The molecule has 2 aliphatic rings. The van der Waals surface area contributed by atoms with Gasteiger partial charge < -0.3 is 9.47 Å². The minimum Gasteiger partial charge on any atom is -0.354 e. The Hall–Kier alpha value is -1.92. The summed E-state index contributed by atoms with van der Waals surface area (Å²) in [7, 11) is 2.07. The third-order valence-electron chi connectivity index (χ3n) is 5.31. The van der Waals surface area contributed by atoms with Gasteiger partial charge in [0.05, 0.1) is 0 Å². The number of imidazole rings is 1. The maximum absolute atomic E-state index is 4.47. The molecular formula is C18H26N6. The molecule has 0 radical (unpaired) electrons. The van der Waals surface area contributed by atoms with E-state index < -0.39 is 0 Å². The van der Waals surface area contributed by atoms with E-state index in [1.165, 1.54) is 18.9 Å². The van der Waals surface area contributed by atoms with E-state index in [2.05, 4.69) is 48.4 Å². The number of aromatic nitrogens is 3. The predicted molar refractivity (Wildman–Crippen MR) is 95.2 cm³/mol. The molecule has 24 heavy (non-hydrogen) atoms. The largest absolute Gasteiger partial charge is 0.354 e. The van der Waals surface area contributed by atoms with Crippen molar-refractivity contribution in [1.82, 2.24) is 24.3 Å². The standard InChI is InChI=1S/C18H26N6/c1-21-9-7-20-17(21)5-8-22-14-16(15-22)23-10-12-24(13-11-23)18-4-2-3-6-19-18/h2-4,6-7,9,16H,5,8,10-15H2,1H3. The summed E-state index contributed by atoms with van der Waals surface area (Å²) >= 11 is 0. The molecule has 0 saturated carbocycles. The fourth-order valence-corrected chi connectivity index (χ4v) is 3.71. The molecule has 0 aromatic carbocycles. The average Bonchev–Trinajstić information content (AvgIpc) is 3.00. The van der Waals surface area contributed by atoms with E-state index in [-0.39, 0.29) is 0 Å². The first-order valence-electron chi connectivity index (χ1n) is 8.88. The topological polar surface area (TPSA) is 40.4 Å². The number of anilines is 1. The van der Waals surface area contributed by atoms with Crippen molar-refractivity contribution < 1.29 is 0 Å². The van der Waals surface area contributed by atoms with Gasteiger partial charge in [0.15, 0.2) is 0 Å². The number of pyridine rings is 1. The Kier molecular flexibility index (Phi) is 4.49. The van der Waals surface area contributed by atoms with Gasteiger partial charge in [-0.15, -0.1) is 0 Å². The molecule has 0 atom stereocenters. The van der Waals surface area contributed by atoms with Gasteiger partial charge in [-0.1, -0.05) is 6.07 Å². The van der Waals surface area contributed by atoms with Gasteiger partial charge in [-0.2, -0.15) is 0 Å². The van der Waals surface area contributed by atoms with Crippen LogP contribution in [0.4, 0.5) is 5.82 Å². The van der Waals surface area contributed by atoms with Crippen molar-refractivity contribution in [2.45, 2.75) is 12.5 Å². The second-order valence-corrected chi connectivity index (χ2v) is 6.83. The number of nitrogens with zero attached hydrogens (tertiary/aromatic N) is 6. The highest BCUT2D eigenvalue weighted by atomic mass is 15.4. The third kappa shape index (κ3) is 3.30. The van der Waals surface area contributed by atoms with E-state index in [1.807, 2.05) is 24.7 Å². The fourth-order valence-electron chi connectivity index (χ4n) is 3.71. The summed E-state index contributed by atoms with van der Waals surface area (Å²) in [5, 5.41) is 0. The fraction of sp³-hybridized carbons (Fsp3) is 0.556. The SMILES string of the molecule is Cn1ccnc1CCN1CC(N2CCN(c3ccccn3)CC2)C1. The maximum atomic E-state index is 4.47. The lowest BCUT2D eigenvalue weighted by atomic mass is 10.1. The molecule has 0 unspecified atom stereocenters. The van der Waals surface area contributed by atoms with Crippen molar-refractivity contribution in [2.24, 2.45) is 7.05 Å². The van der Waals surface area contributed by atoms with Gasteiger partial charge in [-0.3, -0.25) is 9.80 Å². The van der Waals surface area contributed by atoms with Crippen molar-refractivity contribution in [2.75, 3.05) is 50.7 Å². The third-order valence-corrected chi connectivity index (χ3v) is 5.31. The summed E-state index contributed by atoms with van der Waals surface area (Å²) in [5.74, 6) is 2.30. The molecule has 2 fully saturated rings. The van der Waals surface area contributed by atoms with Crippen LogP contribution in [0.3, 0.4) is 0 Å². The first kappa shape index (κ1) is 15.6. The minimum absolute atomic E-state index is 0.734. The molecule has 0 bridgehead atoms. The van der Waals surface area contributed by atoms with Gasteiger partial charge in [0, 0.05) is 83.9 Å². The van der Waals surface area contributed by atoms with Gasteiger partial charge in [-0.25, -0.2) is 9.97 Å². The van der Waals surface area contributed by atoms with E-state index in [0.717, 1.165) is 51.0 Å². The lowest BCUT2D eigenvalue weighted by Crippen LogP contribution is -2.63. The van der Waals surface area contributed by atoms with Crippen molar-refractivity contribution in [3.63, 3.8) is 0 Å². The van der Waals surface area contributed by atoms with Crippen molar-refractivity contribution in [3.05, 3.63) is 42.6 Å². The van der Waals surface area contributed by atoms with Gasteiger partial charge >= 0.3 is 0 Å². The summed E-state index contributed by atoms with van der Waals surface area (Å²) in [5.41, 5.74) is 0. The van der Waals surface area contributed by atoms with Crippen molar-refractivity contribution >= 4 is 5.82 Å². The smallest absolute Gasteiger partial charge is 0.128 e. The van der Waals surface area contributed by atoms with Gasteiger partial charge in [-0.05, 0) is 12.1 Å². The molecule has 0 amide bonds. The average molecular weight is 326 g/mol. The van der Waals surface area contributed by atoms with Gasteiger partial charge in [0.25, 0.3) is 0 Å². The van der Waals surface area contributed by atoms with Crippen LogP contribution in [-0.4, -0.2) is 76.2 Å². The van der Waals surface area contributed by atoms with E-state index in [0.29, 0.717) is 0 Å². The van der Waals surface area contributed by atoms with Crippen LogP contribution in [0.1, 0.15) is 5.82 Å². The molecule has 0 N–H and O–H groups in total. The maximum Gasteiger partial charge on any atom is 0.128 e. The molecular weight excluding hydrogens is 300 g/mol. The Labute approximate surface area is 143 Å². The van der Waals surface area contributed by atoms with Crippen LogP contribution in [0.25, 0.3) is 0 Å². The Morgan fingerprint density at radius 3 is 2.54 bits per heavy atom. The Bertz CT molecular complexity index is 641. The van der Waals surface area contributed by atoms with Crippen LogP contribution in [0.2, 0.25) is 0 Å². The molecule has 2 aliphatic heterocycles. The first-order chi connectivity index (χ1) is 11.8. The first-order valence-corrected chi connectivity index (χ1v) is 8.88. The number of rotatable bonds is 5. The van der Waals surface area contributed by atoms with Crippen LogP contribution >= 0.6 is 0 Å². The normalized spacial score (nSPS) is 20.3. The van der Waals surface area contributed by atoms with Gasteiger partial charge in [0.1, 0.15) is 11.6 Å². The molecule has 0 spiro atoms. The molecule has 6 nitrogen and oxygen atoms in total. The molecule has 2 saturated heterocycles. The molecule has 2 aromatic rings. The molecule has 4 rings (SSSR count). The number of hydrogen-bond acceptors (Lipinski definition) is 5. The van der Waals surface area contributed by atoms with Crippen LogP contribution in [0, 0.1) is 0 Å². The number of piperazine rings is 1. The zero-order valence-corrected chi connectivity index (χ0v) is 14.4. The van der Waals surface area contributed by atoms with Crippen LogP contribution in [0.15, 0.2) is 36.8 Å². The van der Waals surface area contributed by atoms with E-state index >= 15 is 0 Å². The lowest BCUT2D eigenvalue weighted by Gasteiger charge is -2.48. The summed E-state index contributed by atoms with van der Waals surface area (Å²) in [6, 6.07) is 6.89. The zero-order valence-electron chi connectivity index (χ0n) is 14.4. The molecule has 0 aliphatic carbocycles. The lowest BCUT2D eigenvalue weighted by molar-refractivity contribution is 0.0312. The van der Waals surface area contributed by atoms with Crippen molar-refractivity contribution in [1.29, 1.82) is 0 Å². The highest BCUT2D eigenvalue weighted by molar-refractivity contribution is 5.38. The summed E-state index contributed by atoms with van der Waals surface area (Å²) in [4.78, 5) is 16.5. The van der Waals surface area contributed by atoms with Crippen LogP contribution in [-0.2, 0) is 13.5 Å². The quantitative estimate of drug-likeness (QED) is 0.815.